The van der Waals surface area contributed by atoms with E-state index in [0.717, 1.165) is 60.7 Å². The van der Waals surface area contributed by atoms with Crippen LogP contribution in [0.4, 0.5) is 0 Å². The predicted molar refractivity (Wildman–Crippen MR) is 142 cm³/mol. The fourth-order valence-electron chi connectivity index (χ4n) is 3.40. The smallest absolute Gasteiger partial charge is 0.0467 e. The number of aliphatic hydroxyl groups is 1. The van der Waals surface area contributed by atoms with Crippen molar-refractivity contribution in [2.24, 2.45) is 5.41 Å². The molecule has 0 aliphatic rings. The Morgan fingerprint density at radius 2 is 1.03 bits per heavy atom. The molecule has 38 heavy (non-hydrogen) atoms. The van der Waals surface area contributed by atoms with Gasteiger partial charge in [-0.1, -0.05) is 67.3 Å². The third-order valence-electron chi connectivity index (χ3n) is 5.35. The Morgan fingerprint density at radius 1 is 0.763 bits per heavy atom. The third kappa shape index (κ3) is 15.3. The van der Waals surface area contributed by atoms with Gasteiger partial charge in [-0.2, -0.15) is 7.11 Å². The number of carboxylic acid groups (broad SMARTS) is 1. The van der Waals surface area contributed by atoms with Crippen molar-refractivity contribution >= 4 is 5.97 Å². The summed E-state index contributed by atoms with van der Waals surface area (Å²) in [5, 5.41) is 49.7. The number of likely N-dealkylation sites (N-methyl/N-ethyl adjacent to an activating group) is 2. The molecule has 0 aliphatic carbocycles. The molecule has 0 saturated heterocycles. The van der Waals surface area contributed by atoms with Gasteiger partial charge in [0.15, 0.2) is 0 Å². The summed E-state index contributed by atoms with van der Waals surface area (Å²) < 4.78 is 0. The van der Waals surface area contributed by atoms with Crippen molar-refractivity contribution in [3.8, 4) is 11.5 Å². The Kier molecular flexibility index (Phi) is 21.1. The van der Waals surface area contributed by atoms with E-state index in [1.807, 2.05) is 66.1 Å². The first kappa shape index (κ1) is 40.4. The molecule has 8 nitrogen and oxygen atoms in total. The van der Waals surface area contributed by atoms with Gasteiger partial charge in [0.25, 0.3) is 0 Å². The molecular weight excluding hydrogens is 527 g/mol. The van der Waals surface area contributed by atoms with Crippen LogP contribution in [0.2, 0.25) is 0 Å². The zero-order valence-corrected chi connectivity index (χ0v) is 26.1. The molecule has 1 radical (unpaired) electrons. The quantitative estimate of drug-likeness (QED) is 0.485. The average molecular weight is 574 g/mol. The number of benzene rings is 2. The van der Waals surface area contributed by atoms with E-state index in [1.165, 1.54) is 0 Å². The Balaban J connectivity index is -0.000000875. The molecule has 9 heteroatoms. The van der Waals surface area contributed by atoms with Crippen molar-refractivity contribution in [3.63, 3.8) is 0 Å². The van der Waals surface area contributed by atoms with Crippen molar-refractivity contribution in [1.82, 2.24) is 9.80 Å². The summed E-state index contributed by atoms with van der Waals surface area (Å²) in [6.07, 6.45) is 0. The molecule has 2 rings (SSSR count). The molecule has 0 atom stereocenters. The maximum atomic E-state index is 12.3. The molecule has 0 spiro atoms. The van der Waals surface area contributed by atoms with Gasteiger partial charge >= 0.3 is 0 Å². The van der Waals surface area contributed by atoms with E-state index in [4.69, 9.17) is 10.2 Å². The monoisotopic (exact) mass is 573 g/mol. The van der Waals surface area contributed by atoms with Gasteiger partial charge in [-0.25, -0.2) is 0 Å². The third-order valence-corrected chi connectivity index (χ3v) is 5.35. The van der Waals surface area contributed by atoms with Gasteiger partial charge in [0.05, 0.1) is 0 Å². The van der Waals surface area contributed by atoms with Crippen LogP contribution in [0, 0.1) is 33.1 Å². The molecule has 0 amide bonds. The molecule has 0 unspecified atom stereocenters. The van der Waals surface area contributed by atoms with Crippen molar-refractivity contribution in [2.75, 3.05) is 41.4 Å². The number of nitrogens with zero attached hydrogens (tertiary/aromatic N) is 2. The minimum atomic E-state index is -1.01. The fourth-order valence-corrected chi connectivity index (χ4v) is 3.40. The fraction of sp³-hybridized carbons (Fsp3) is 0.552. The second-order valence-electron chi connectivity index (χ2n) is 10.2. The SMILES string of the molecule is CC(C)(C)C(=O)[O-].CO.C[O-].Cc1cc(C)c([O-])c(CN(C)CCN(C)Cc2cc(C)cc(C)c2[O-])c1.[Mn]. The van der Waals surface area contributed by atoms with E-state index >= 15 is 0 Å². The molecule has 1 N–H and O–H groups in total. The number of hydrogen-bond acceptors (Lipinski definition) is 8. The number of aryl methyl sites for hydroxylation is 4. The number of rotatable bonds is 7. The van der Waals surface area contributed by atoms with Crippen LogP contribution in [0.3, 0.4) is 0 Å². The van der Waals surface area contributed by atoms with Gasteiger partial charge in [0.1, 0.15) is 0 Å². The van der Waals surface area contributed by atoms with Crippen LogP contribution in [0.1, 0.15) is 54.2 Å². The minimum Gasteiger partial charge on any atom is -0.872 e. The van der Waals surface area contributed by atoms with E-state index in [1.54, 1.807) is 20.8 Å². The Labute approximate surface area is 240 Å². The van der Waals surface area contributed by atoms with Gasteiger partial charge in [-0.05, 0) is 52.9 Å². The summed E-state index contributed by atoms with van der Waals surface area (Å²) in [6, 6.07) is 7.83. The second-order valence-corrected chi connectivity index (χ2v) is 10.2. The van der Waals surface area contributed by atoms with Crippen molar-refractivity contribution in [1.29, 1.82) is 0 Å². The van der Waals surface area contributed by atoms with Gasteiger partial charge in [0.2, 0.25) is 0 Å². The van der Waals surface area contributed by atoms with Gasteiger partial charge in [-0.3, -0.25) is 0 Å². The van der Waals surface area contributed by atoms with E-state index in [9.17, 15) is 20.1 Å². The topological polar surface area (TPSA) is 136 Å². The van der Waals surface area contributed by atoms with Gasteiger partial charge < -0.3 is 40.1 Å². The van der Waals surface area contributed by atoms with E-state index in [0.29, 0.717) is 13.1 Å². The van der Waals surface area contributed by atoms with Crippen molar-refractivity contribution < 1.29 is 47.4 Å². The Morgan fingerprint density at radius 3 is 1.26 bits per heavy atom. The molecule has 219 valence electrons. The predicted octanol–water partition coefficient (Wildman–Crippen LogP) is 0.996. The van der Waals surface area contributed by atoms with Crippen LogP contribution in [-0.2, 0) is 35.0 Å². The number of aliphatic carboxylic acids is 1. The molecule has 0 aromatic heterocycles. The van der Waals surface area contributed by atoms with Gasteiger partial charge in [0, 0.05) is 61.7 Å². The number of carboxylic acids is 1. The van der Waals surface area contributed by atoms with Crippen LogP contribution < -0.4 is 20.4 Å². The first-order valence-corrected chi connectivity index (χ1v) is 12.1. The van der Waals surface area contributed by atoms with Crippen LogP contribution >= 0.6 is 0 Å². The zero-order valence-electron chi connectivity index (χ0n) is 24.9. The largest absolute Gasteiger partial charge is 0.872 e. The molecule has 2 aromatic rings. The minimum absolute atomic E-state index is 0. The zero-order chi connectivity index (χ0) is 29.5. The van der Waals surface area contributed by atoms with E-state index in [2.05, 4.69) is 9.80 Å². The molecule has 0 aliphatic heterocycles. The second kappa shape index (κ2) is 19.9. The molecule has 2 aromatic carbocycles. The summed E-state index contributed by atoms with van der Waals surface area (Å²) in [4.78, 5) is 14.2. The van der Waals surface area contributed by atoms with E-state index in [-0.39, 0.29) is 28.6 Å². The van der Waals surface area contributed by atoms with Crippen molar-refractivity contribution in [3.05, 3.63) is 57.6 Å². The maximum absolute atomic E-state index is 12.3. The molecular formula is C29H46MnN2O6-4. The summed E-state index contributed by atoms with van der Waals surface area (Å²) in [7, 11) is 5.81. The molecule has 0 saturated carbocycles. The first-order chi connectivity index (χ1) is 17.1. The van der Waals surface area contributed by atoms with Crippen LogP contribution in [0.25, 0.3) is 0 Å². The number of carbonyl (C=O) groups is 1. The van der Waals surface area contributed by atoms with Crippen LogP contribution in [-0.4, -0.2) is 62.3 Å². The van der Waals surface area contributed by atoms with Crippen molar-refractivity contribution in [2.45, 2.75) is 61.6 Å². The molecule has 0 fully saturated rings. The summed E-state index contributed by atoms with van der Waals surface area (Å²) in [5.41, 5.74) is 4.88. The Hall–Kier alpha value is -2.13. The van der Waals surface area contributed by atoms with Crippen LogP contribution in [0.15, 0.2) is 24.3 Å². The number of aliphatic hydroxyl groups excluding tert-OH is 1. The average Bonchev–Trinajstić information content (AvgIpc) is 2.81. The van der Waals surface area contributed by atoms with E-state index < -0.39 is 11.4 Å². The number of hydrogen-bond donors (Lipinski definition) is 1. The normalized spacial score (nSPS) is 10.3. The summed E-state index contributed by atoms with van der Waals surface area (Å²) in [5.74, 6) is -0.725. The molecule has 0 bridgehead atoms. The summed E-state index contributed by atoms with van der Waals surface area (Å²) in [6.45, 7) is 15.5. The molecule has 0 heterocycles. The van der Waals surface area contributed by atoms with Crippen LogP contribution in [0.5, 0.6) is 11.5 Å². The van der Waals surface area contributed by atoms with Gasteiger partial charge in [-0.15, -0.1) is 11.5 Å². The maximum Gasteiger partial charge on any atom is 0.0467 e. The Bertz CT molecular complexity index is 896. The summed E-state index contributed by atoms with van der Waals surface area (Å²) >= 11 is 0. The standard InChI is InChI=1S/C22H32N2O2.C5H10O2.CH4O.CH3O.Mn/c1-15-9-17(3)21(25)19(11-15)13-23(5)7-8-24(6)14-20-12-16(2)10-18(4)22(20)26;1-5(2,3)4(6)7;2*1-2;/h9-12,25-26H,7-8,13-14H2,1-6H3;1-3H3,(H,6,7);2H,1H3;1H3;/q;;;-1;/p-3. The number of carbonyl (C=O) groups excluding carboxylic acids is 1. The first-order valence-electron chi connectivity index (χ1n) is 12.1.